The summed E-state index contributed by atoms with van der Waals surface area (Å²) in [5, 5.41) is 0.603. The predicted octanol–water partition coefficient (Wildman–Crippen LogP) is 2.32. The molecule has 0 heterocycles. The summed E-state index contributed by atoms with van der Waals surface area (Å²) in [6.07, 6.45) is 0. The molecule has 4 nitrogen and oxygen atoms in total. The number of likely N-dealkylation sites (N-methyl/N-ethyl adjacent to an activating group) is 1. The molecular formula is C14H23ClN2O2. The molecule has 2 atom stereocenters. The average molecular weight is 287 g/mol. The highest BCUT2D eigenvalue weighted by Gasteiger charge is 2.21. The Kier molecular flexibility index (Phi) is 6.58. The molecule has 108 valence electrons. The monoisotopic (exact) mass is 286 g/mol. The number of rotatable bonds is 7. The Labute approximate surface area is 120 Å². The zero-order valence-corrected chi connectivity index (χ0v) is 12.8. The van der Waals surface area contributed by atoms with Crippen molar-refractivity contribution in [3.8, 4) is 5.75 Å². The summed E-state index contributed by atoms with van der Waals surface area (Å²) in [7, 11) is 5.35. The average Bonchev–Trinajstić information content (AvgIpc) is 2.40. The van der Waals surface area contributed by atoms with Gasteiger partial charge >= 0.3 is 0 Å². The van der Waals surface area contributed by atoms with Crippen LogP contribution >= 0.6 is 11.6 Å². The standard InChI is InChI=1S/C14H23ClN2O2/c1-10(9-18-3)17(2)13(8-16)11-5-6-14(19-4)12(15)7-11/h5-7,10,13H,8-9,16H2,1-4H3. The van der Waals surface area contributed by atoms with Crippen LogP contribution in [0.25, 0.3) is 0 Å². The molecule has 0 radical (unpaired) electrons. The molecule has 0 bridgehead atoms. The number of hydrogen-bond donors (Lipinski definition) is 1. The highest BCUT2D eigenvalue weighted by atomic mass is 35.5. The number of methoxy groups -OCH3 is 2. The SMILES string of the molecule is COCC(C)N(C)C(CN)c1ccc(OC)c(Cl)c1. The smallest absolute Gasteiger partial charge is 0.137 e. The molecule has 0 aliphatic heterocycles. The van der Waals surface area contributed by atoms with E-state index in [1.165, 1.54) is 0 Å². The van der Waals surface area contributed by atoms with Crippen LogP contribution in [0.2, 0.25) is 5.02 Å². The van der Waals surface area contributed by atoms with Crippen molar-refractivity contribution in [3.05, 3.63) is 28.8 Å². The molecule has 0 spiro atoms. The van der Waals surface area contributed by atoms with Gasteiger partial charge in [-0.15, -0.1) is 0 Å². The second-order valence-electron chi connectivity index (χ2n) is 4.62. The summed E-state index contributed by atoms with van der Waals surface area (Å²) >= 11 is 6.17. The van der Waals surface area contributed by atoms with Gasteiger partial charge in [0.05, 0.1) is 18.7 Å². The van der Waals surface area contributed by atoms with E-state index in [1.54, 1.807) is 14.2 Å². The van der Waals surface area contributed by atoms with E-state index in [0.717, 1.165) is 5.56 Å². The molecule has 0 saturated carbocycles. The van der Waals surface area contributed by atoms with Crippen LogP contribution in [0.5, 0.6) is 5.75 Å². The van der Waals surface area contributed by atoms with E-state index in [2.05, 4.69) is 11.8 Å². The third-order valence-electron chi connectivity index (χ3n) is 3.38. The zero-order chi connectivity index (χ0) is 14.4. The van der Waals surface area contributed by atoms with Crippen molar-refractivity contribution >= 4 is 11.6 Å². The van der Waals surface area contributed by atoms with Gasteiger partial charge in [0.2, 0.25) is 0 Å². The Morgan fingerprint density at radius 3 is 2.53 bits per heavy atom. The minimum absolute atomic E-state index is 0.105. The second-order valence-corrected chi connectivity index (χ2v) is 5.02. The molecule has 5 heteroatoms. The van der Waals surface area contributed by atoms with Crippen LogP contribution in [0.4, 0.5) is 0 Å². The van der Waals surface area contributed by atoms with Crippen molar-refractivity contribution in [3.63, 3.8) is 0 Å². The van der Waals surface area contributed by atoms with Crippen molar-refractivity contribution in [1.29, 1.82) is 0 Å². The van der Waals surface area contributed by atoms with Gasteiger partial charge in [-0.05, 0) is 31.7 Å². The fraction of sp³-hybridized carbons (Fsp3) is 0.571. The van der Waals surface area contributed by atoms with Crippen molar-refractivity contribution in [2.75, 3.05) is 34.4 Å². The lowest BCUT2D eigenvalue weighted by Crippen LogP contribution is -2.39. The molecule has 0 aromatic heterocycles. The predicted molar refractivity (Wildman–Crippen MR) is 78.9 cm³/mol. The normalized spacial score (nSPS) is 14.5. The topological polar surface area (TPSA) is 47.7 Å². The molecule has 1 aromatic carbocycles. The van der Waals surface area contributed by atoms with Crippen molar-refractivity contribution in [2.24, 2.45) is 5.73 Å². The molecule has 1 rings (SSSR count). The fourth-order valence-corrected chi connectivity index (χ4v) is 2.36. The number of nitrogens with zero attached hydrogens (tertiary/aromatic N) is 1. The lowest BCUT2D eigenvalue weighted by Gasteiger charge is -2.32. The molecule has 19 heavy (non-hydrogen) atoms. The summed E-state index contributed by atoms with van der Waals surface area (Å²) in [6, 6.07) is 6.16. The lowest BCUT2D eigenvalue weighted by atomic mass is 10.0. The third kappa shape index (κ3) is 4.08. The van der Waals surface area contributed by atoms with E-state index in [9.17, 15) is 0 Å². The van der Waals surface area contributed by atoms with Gasteiger partial charge in [-0.3, -0.25) is 4.90 Å². The molecule has 0 fully saturated rings. The van der Waals surface area contributed by atoms with E-state index >= 15 is 0 Å². The summed E-state index contributed by atoms with van der Waals surface area (Å²) in [5.41, 5.74) is 6.99. The van der Waals surface area contributed by atoms with Crippen molar-refractivity contribution < 1.29 is 9.47 Å². The Morgan fingerprint density at radius 2 is 2.05 bits per heavy atom. The first kappa shape index (κ1) is 16.2. The summed E-state index contributed by atoms with van der Waals surface area (Å²) < 4.78 is 10.4. The van der Waals surface area contributed by atoms with Gasteiger partial charge in [-0.2, -0.15) is 0 Å². The van der Waals surface area contributed by atoms with Gasteiger partial charge in [0.15, 0.2) is 0 Å². The highest BCUT2D eigenvalue weighted by molar-refractivity contribution is 6.32. The minimum Gasteiger partial charge on any atom is -0.495 e. The number of benzene rings is 1. The van der Waals surface area contributed by atoms with Crippen molar-refractivity contribution in [1.82, 2.24) is 4.90 Å². The van der Waals surface area contributed by atoms with E-state index in [-0.39, 0.29) is 12.1 Å². The first-order valence-corrected chi connectivity index (χ1v) is 6.67. The van der Waals surface area contributed by atoms with E-state index in [0.29, 0.717) is 23.9 Å². The Morgan fingerprint density at radius 1 is 1.37 bits per heavy atom. The van der Waals surface area contributed by atoms with Crippen molar-refractivity contribution in [2.45, 2.75) is 19.0 Å². The summed E-state index contributed by atoms with van der Waals surface area (Å²) in [5.74, 6) is 0.675. The third-order valence-corrected chi connectivity index (χ3v) is 3.67. The van der Waals surface area contributed by atoms with Gasteiger partial charge in [0.25, 0.3) is 0 Å². The maximum Gasteiger partial charge on any atom is 0.137 e. The molecular weight excluding hydrogens is 264 g/mol. The first-order chi connectivity index (χ1) is 9.04. The zero-order valence-electron chi connectivity index (χ0n) is 12.0. The molecule has 0 aliphatic rings. The number of hydrogen-bond acceptors (Lipinski definition) is 4. The maximum absolute atomic E-state index is 6.17. The van der Waals surface area contributed by atoms with Gasteiger partial charge in [0.1, 0.15) is 5.75 Å². The number of ether oxygens (including phenoxy) is 2. The first-order valence-electron chi connectivity index (χ1n) is 6.29. The molecule has 2 N–H and O–H groups in total. The molecule has 0 amide bonds. The van der Waals surface area contributed by atoms with Gasteiger partial charge < -0.3 is 15.2 Å². The van der Waals surface area contributed by atoms with E-state index in [4.69, 9.17) is 26.8 Å². The lowest BCUT2D eigenvalue weighted by molar-refractivity contribution is 0.0910. The largest absolute Gasteiger partial charge is 0.495 e. The van der Waals surface area contributed by atoms with Crippen LogP contribution in [-0.2, 0) is 4.74 Å². The summed E-state index contributed by atoms with van der Waals surface area (Å²) in [4.78, 5) is 2.20. The fourth-order valence-electron chi connectivity index (χ4n) is 2.09. The molecule has 1 aromatic rings. The van der Waals surface area contributed by atoms with Crippen LogP contribution < -0.4 is 10.5 Å². The van der Waals surface area contributed by atoms with Crippen LogP contribution in [0.3, 0.4) is 0 Å². The minimum atomic E-state index is 0.105. The second kappa shape index (κ2) is 7.70. The molecule has 0 saturated heterocycles. The van der Waals surface area contributed by atoms with Gasteiger partial charge in [-0.25, -0.2) is 0 Å². The highest BCUT2D eigenvalue weighted by Crippen LogP contribution is 2.29. The molecule has 0 aliphatic carbocycles. The number of nitrogens with two attached hydrogens (primary N) is 1. The quantitative estimate of drug-likeness (QED) is 0.836. The van der Waals surface area contributed by atoms with E-state index in [1.807, 2.05) is 25.2 Å². The Hall–Kier alpha value is -0.810. The van der Waals surface area contributed by atoms with Gasteiger partial charge in [0, 0.05) is 25.7 Å². The molecule has 2 unspecified atom stereocenters. The summed E-state index contributed by atoms with van der Waals surface area (Å²) in [6.45, 7) is 3.29. The Bertz CT molecular complexity index is 401. The van der Waals surface area contributed by atoms with Crippen LogP contribution in [-0.4, -0.2) is 45.4 Å². The van der Waals surface area contributed by atoms with Crippen LogP contribution in [0.15, 0.2) is 18.2 Å². The number of halogens is 1. The maximum atomic E-state index is 6.17. The van der Waals surface area contributed by atoms with Crippen LogP contribution in [0, 0.1) is 0 Å². The van der Waals surface area contributed by atoms with Crippen LogP contribution in [0.1, 0.15) is 18.5 Å². The van der Waals surface area contributed by atoms with E-state index < -0.39 is 0 Å². The Balaban J connectivity index is 2.93. The van der Waals surface area contributed by atoms with Gasteiger partial charge in [-0.1, -0.05) is 17.7 Å².